The van der Waals surface area contributed by atoms with E-state index in [4.69, 9.17) is 10.5 Å². The number of carbonyl (C=O) groups is 2. The molecule has 1 aliphatic rings. The maximum Gasteiger partial charge on any atom is 0.253 e. The molecule has 1 aromatic rings. The third-order valence-corrected chi connectivity index (χ3v) is 4.02. The number of nitrogens with two attached hydrogens (primary N) is 1. The largest absolute Gasteiger partial charge is 0.497 e. The van der Waals surface area contributed by atoms with E-state index in [-0.39, 0.29) is 17.9 Å². The lowest BCUT2D eigenvalue weighted by atomic mass is 10.1. The number of hydrogen-bond acceptors (Lipinski definition) is 4. The molecule has 0 atom stereocenters. The number of carbonyl (C=O) groups excluding carboxylic acids is 2. The van der Waals surface area contributed by atoms with Crippen molar-refractivity contribution in [1.29, 1.82) is 0 Å². The summed E-state index contributed by atoms with van der Waals surface area (Å²) >= 11 is 0. The molecule has 1 fully saturated rings. The molecule has 0 spiro atoms. The fraction of sp³-hybridized carbons (Fsp3) is 0.556. The summed E-state index contributed by atoms with van der Waals surface area (Å²) in [5.74, 6) is 0.346. The molecule has 4 N–H and O–H groups in total. The molecule has 0 aliphatic heterocycles. The Morgan fingerprint density at radius 3 is 2.62 bits per heavy atom. The standard InChI is InChI=1S/C18H27N3O3/c1-24-14-9-10-16(15(12-14)18(23)20-13-7-8-13)21-17(22)6-4-2-3-5-11-19/h9-10,12-13H,2-8,11,19H2,1H3,(H,20,23)(H,21,22). The summed E-state index contributed by atoms with van der Waals surface area (Å²) in [6.07, 6.45) is 6.32. The number of unbranched alkanes of at least 4 members (excludes halogenated alkanes) is 3. The minimum Gasteiger partial charge on any atom is -0.497 e. The first-order valence-corrected chi connectivity index (χ1v) is 8.63. The molecule has 0 radical (unpaired) electrons. The van der Waals surface area contributed by atoms with Crippen molar-refractivity contribution >= 4 is 17.5 Å². The minimum atomic E-state index is -0.172. The summed E-state index contributed by atoms with van der Waals surface area (Å²) < 4.78 is 5.19. The first-order valence-electron chi connectivity index (χ1n) is 8.63. The molecule has 0 saturated heterocycles. The van der Waals surface area contributed by atoms with Gasteiger partial charge in [-0.3, -0.25) is 9.59 Å². The van der Waals surface area contributed by atoms with E-state index < -0.39 is 0 Å². The van der Waals surface area contributed by atoms with Crippen LogP contribution in [0.1, 0.15) is 55.3 Å². The molecule has 6 nitrogen and oxygen atoms in total. The topological polar surface area (TPSA) is 93.4 Å². The predicted molar refractivity (Wildman–Crippen MR) is 94.3 cm³/mol. The first-order chi connectivity index (χ1) is 11.6. The van der Waals surface area contributed by atoms with Crippen LogP contribution < -0.4 is 21.1 Å². The molecule has 2 amide bonds. The van der Waals surface area contributed by atoms with Crippen LogP contribution in [0.2, 0.25) is 0 Å². The highest BCUT2D eigenvalue weighted by molar-refractivity contribution is 6.04. The van der Waals surface area contributed by atoms with Gasteiger partial charge in [0.15, 0.2) is 0 Å². The lowest BCUT2D eigenvalue weighted by Gasteiger charge is -2.13. The molecule has 1 aromatic carbocycles. The van der Waals surface area contributed by atoms with Crippen LogP contribution in [0.5, 0.6) is 5.75 Å². The zero-order chi connectivity index (χ0) is 17.4. The highest BCUT2D eigenvalue weighted by Crippen LogP contribution is 2.25. The number of methoxy groups -OCH3 is 1. The molecule has 0 bridgehead atoms. The van der Waals surface area contributed by atoms with Crippen molar-refractivity contribution in [2.75, 3.05) is 19.0 Å². The van der Waals surface area contributed by atoms with E-state index in [9.17, 15) is 9.59 Å². The van der Waals surface area contributed by atoms with Gasteiger partial charge in [-0.15, -0.1) is 0 Å². The Balaban J connectivity index is 1.94. The number of ether oxygens (including phenoxy) is 1. The summed E-state index contributed by atoms with van der Waals surface area (Å²) in [6.45, 7) is 0.692. The number of nitrogens with one attached hydrogen (secondary N) is 2. The van der Waals surface area contributed by atoms with Gasteiger partial charge in [-0.25, -0.2) is 0 Å². The summed E-state index contributed by atoms with van der Waals surface area (Å²) in [7, 11) is 1.55. The van der Waals surface area contributed by atoms with Crippen LogP contribution in [-0.4, -0.2) is 31.5 Å². The molecular weight excluding hydrogens is 306 g/mol. The van der Waals surface area contributed by atoms with Crippen LogP contribution in [0, 0.1) is 0 Å². The van der Waals surface area contributed by atoms with Crippen molar-refractivity contribution in [3.05, 3.63) is 23.8 Å². The van der Waals surface area contributed by atoms with Crippen molar-refractivity contribution in [3.8, 4) is 5.75 Å². The second-order valence-electron chi connectivity index (χ2n) is 6.16. The lowest BCUT2D eigenvalue weighted by molar-refractivity contribution is -0.116. The summed E-state index contributed by atoms with van der Waals surface area (Å²) in [4.78, 5) is 24.5. The van der Waals surface area contributed by atoms with E-state index in [1.54, 1.807) is 25.3 Å². The van der Waals surface area contributed by atoms with Gasteiger partial charge >= 0.3 is 0 Å². The molecule has 0 aromatic heterocycles. The van der Waals surface area contributed by atoms with Crippen molar-refractivity contribution in [2.24, 2.45) is 5.73 Å². The second kappa shape index (κ2) is 9.27. The smallest absolute Gasteiger partial charge is 0.253 e. The number of anilines is 1. The average molecular weight is 333 g/mol. The van der Waals surface area contributed by atoms with E-state index in [0.29, 0.717) is 30.0 Å². The van der Waals surface area contributed by atoms with Crippen LogP contribution in [0.4, 0.5) is 5.69 Å². The number of amides is 2. The van der Waals surface area contributed by atoms with E-state index in [0.717, 1.165) is 38.5 Å². The molecule has 1 aliphatic carbocycles. The minimum absolute atomic E-state index is 0.0756. The van der Waals surface area contributed by atoms with Gasteiger partial charge in [0, 0.05) is 12.5 Å². The Labute approximate surface area is 143 Å². The van der Waals surface area contributed by atoms with Crippen molar-refractivity contribution in [1.82, 2.24) is 5.32 Å². The highest BCUT2D eigenvalue weighted by atomic mass is 16.5. The number of hydrogen-bond donors (Lipinski definition) is 3. The van der Waals surface area contributed by atoms with Gasteiger partial charge in [-0.2, -0.15) is 0 Å². The Kier molecular flexibility index (Phi) is 7.06. The predicted octanol–water partition coefficient (Wildman–Crippen LogP) is 2.44. The number of rotatable bonds is 10. The van der Waals surface area contributed by atoms with Gasteiger partial charge in [0.2, 0.25) is 5.91 Å². The maximum atomic E-state index is 12.4. The highest BCUT2D eigenvalue weighted by Gasteiger charge is 2.25. The van der Waals surface area contributed by atoms with E-state index in [2.05, 4.69) is 10.6 Å². The zero-order valence-electron chi connectivity index (χ0n) is 14.3. The Morgan fingerprint density at radius 2 is 1.96 bits per heavy atom. The van der Waals surface area contributed by atoms with Crippen LogP contribution in [0.3, 0.4) is 0 Å². The van der Waals surface area contributed by atoms with E-state index in [1.165, 1.54) is 0 Å². The van der Waals surface area contributed by atoms with Crippen molar-refractivity contribution in [3.63, 3.8) is 0 Å². The molecule has 1 saturated carbocycles. The normalized spacial score (nSPS) is 13.4. The van der Waals surface area contributed by atoms with Crippen molar-refractivity contribution in [2.45, 2.75) is 51.0 Å². The van der Waals surface area contributed by atoms with Gasteiger partial charge in [0.05, 0.1) is 18.4 Å². The van der Waals surface area contributed by atoms with Crippen LogP contribution in [0.25, 0.3) is 0 Å². The quantitative estimate of drug-likeness (QED) is 0.573. The zero-order valence-corrected chi connectivity index (χ0v) is 14.3. The molecule has 0 heterocycles. The molecule has 132 valence electrons. The van der Waals surface area contributed by atoms with Crippen molar-refractivity contribution < 1.29 is 14.3 Å². The Morgan fingerprint density at radius 1 is 1.21 bits per heavy atom. The maximum absolute atomic E-state index is 12.4. The summed E-state index contributed by atoms with van der Waals surface area (Å²) in [5, 5.41) is 5.79. The SMILES string of the molecule is COc1ccc(NC(=O)CCCCCCN)c(C(=O)NC2CC2)c1. The van der Waals surface area contributed by atoms with Gasteiger partial charge in [0.1, 0.15) is 5.75 Å². The summed E-state index contributed by atoms with van der Waals surface area (Å²) in [6, 6.07) is 5.38. The molecule has 2 rings (SSSR count). The monoisotopic (exact) mass is 333 g/mol. The van der Waals surface area contributed by atoms with Crippen LogP contribution in [-0.2, 0) is 4.79 Å². The molecule has 0 unspecified atom stereocenters. The van der Waals surface area contributed by atoms with Gasteiger partial charge in [-0.1, -0.05) is 12.8 Å². The fourth-order valence-corrected chi connectivity index (χ4v) is 2.43. The van der Waals surface area contributed by atoms with Gasteiger partial charge in [-0.05, 0) is 50.4 Å². The summed E-state index contributed by atoms with van der Waals surface area (Å²) in [5.41, 5.74) is 6.42. The van der Waals surface area contributed by atoms with Gasteiger partial charge in [0.25, 0.3) is 5.91 Å². The third-order valence-electron chi connectivity index (χ3n) is 4.02. The van der Waals surface area contributed by atoms with E-state index in [1.807, 2.05) is 0 Å². The average Bonchev–Trinajstić information content (AvgIpc) is 3.39. The Bertz CT molecular complexity index is 571. The van der Waals surface area contributed by atoms with Gasteiger partial charge < -0.3 is 21.1 Å². The van der Waals surface area contributed by atoms with E-state index >= 15 is 0 Å². The molecule has 24 heavy (non-hydrogen) atoms. The van der Waals surface area contributed by atoms with Crippen LogP contribution >= 0.6 is 0 Å². The molecule has 6 heteroatoms. The Hall–Kier alpha value is -2.08. The van der Waals surface area contributed by atoms with Crippen LogP contribution in [0.15, 0.2) is 18.2 Å². The first kappa shape index (κ1) is 18.3. The molecular formula is C18H27N3O3. The lowest BCUT2D eigenvalue weighted by Crippen LogP contribution is -2.27. The fourth-order valence-electron chi connectivity index (χ4n) is 2.43. The number of benzene rings is 1. The third kappa shape index (κ3) is 5.85. The second-order valence-corrected chi connectivity index (χ2v) is 6.16.